The minimum Gasteiger partial charge on any atom is -0.351 e. The van der Waals surface area contributed by atoms with Crippen molar-refractivity contribution in [1.29, 1.82) is 0 Å². The molecule has 1 aliphatic heterocycles. The number of nitrogens with zero attached hydrogens (tertiary/aromatic N) is 1. The van der Waals surface area contributed by atoms with E-state index in [0.29, 0.717) is 18.8 Å². The first kappa shape index (κ1) is 17.5. The van der Waals surface area contributed by atoms with E-state index >= 15 is 0 Å². The van der Waals surface area contributed by atoms with Gasteiger partial charge in [0.1, 0.15) is 0 Å². The molecule has 1 amide bonds. The molecule has 27 heavy (non-hydrogen) atoms. The van der Waals surface area contributed by atoms with Gasteiger partial charge in [-0.25, -0.2) is 0 Å². The number of carbonyl (C=O) groups is 1. The van der Waals surface area contributed by atoms with E-state index in [0.717, 1.165) is 30.6 Å². The van der Waals surface area contributed by atoms with Crippen LogP contribution >= 0.6 is 0 Å². The zero-order valence-electron chi connectivity index (χ0n) is 15.2. The number of amides is 1. The van der Waals surface area contributed by atoms with Crippen molar-refractivity contribution in [2.24, 2.45) is 0 Å². The molecular weight excluding hydrogens is 336 g/mol. The van der Waals surface area contributed by atoms with E-state index in [1.165, 1.54) is 11.1 Å². The zero-order chi connectivity index (χ0) is 18.5. The van der Waals surface area contributed by atoms with Crippen LogP contribution in [0.4, 0.5) is 0 Å². The Morgan fingerprint density at radius 2 is 1.70 bits per heavy atom. The van der Waals surface area contributed by atoms with Gasteiger partial charge in [0.25, 0.3) is 5.91 Å². The van der Waals surface area contributed by atoms with E-state index in [-0.39, 0.29) is 11.8 Å². The van der Waals surface area contributed by atoms with Gasteiger partial charge in [0, 0.05) is 43.2 Å². The molecule has 0 aliphatic carbocycles. The number of carbonyl (C=O) groups excluding carboxylic acids is 1. The predicted molar refractivity (Wildman–Crippen MR) is 106 cm³/mol. The molecular formula is C22H24N4O. The average molecular weight is 360 g/mol. The van der Waals surface area contributed by atoms with Crippen LogP contribution < -0.4 is 10.6 Å². The highest BCUT2D eigenvalue weighted by Crippen LogP contribution is 2.27. The van der Waals surface area contributed by atoms with E-state index in [1.54, 1.807) is 0 Å². The van der Waals surface area contributed by atoms with Gasteiger partial charge in [-0.3, -0.25) is 9.89 Å². The lowest BCUT2D eigenvalue weighted by Gasteiger charge is -2.18. The maximum Gasteiger partial charge on any atom is 0.272 e. The van der Waals surface area contributed by atoms with Gasteiger partial charge in [-0.05, 0) is 17.5 Å². The van der Waals surface area contributed by atoms with E-state index in [1.807, 2.05) is 12.1 Å². The van der Waals surface area contributed by atoms with Gasteiger partial charge in [-0.1, -0.05) is 60.7 Å². The topological polar surface area (TPSA) is 69.8 Å². The molecule has 0 atom stereocenters. The summed E-state index contributed by atoms with van der Waals surface area (Å²) in [6.07, 6.45) is 1.73. The summed E-state index contributed by atoms with van der Waals surface area (Å²) in [5, 5.41) is 13.6. The quantitative estimate of drug-likeness (QED) is 0.633. The predicted octanol–water partition coefficient (Wildman–Crippen LogP) is 3.01. The van der Waals surface area contributed by atoms with Gasteiger partial charge >= 0.3 is 0 Å². The fourth-order valence-corrected chi connectivity index (χ4v) is 3.72. The van der Waals surface area contributed by atoms with Crippen molar-refractivity contribution in [1.82, 2.24) is 20.8 Å². The molecule has 0 fully saturated rings. The van der Waals surface area contributed by atoms with Crippen molar-refractivity contribution in [2.45, 2.75) is 25.3 Å². The van der Waals surface area contributed by atoms with Crippen molar-refractivity contribution in [2.75, 3.05) is 13.1 Å². The van der Waals surface area contributed by atoms with Crippen molar-refractivity contribution >= 4 is 5.91 Å². The fraction of sp³-hybridized carbons (Fsp3) is 0.273. The standard InChI is InChI=1S/C22H24N4O/c27-22(21-19-15-23-13-12-20(19)25-26-21)24-14-11-18(16-7-3-1-4-8-16)17-9-5-2-6-10-17/h1-10,18,23H,11-15H2,(H,24,27)(H,25,26). The van der Waals surface area contributed by atoms with Gasteiger partial charge in [0.05, 0.1) is 0 Å². The molecule has 138 valence electrons. The molecule has 1 aromatic heterocycles. The number of rotatable bonds is 6. The van der Waals surface area contributed by atoms with E-state index in [4.69, 9.17) is 0 Å². The molecule has 4 rings (SSSR count). The van der Waals surface area contributed by atoms with Crippen molar-refractivity contribution in [3.05, 3.63) is 88.7 Å². The lowest BCUT2D eigenvalue weighted by atomic mass is 9.88. The first-order valence-corrected chi connectivity index (χ1v) is 9.48. The van der Waals surface area contributed by atoms with E-state index in [9.17, 15) is 4.79 Å². The maximum atomic E-state index is 12.6. The largest absolute Gasteiger partial charge is 0.351 e. The second-order valence-corrected chi connectivity index (χ2v) is 6.87. The minimum absolute atomic E-state index is 0.101. The molecule has 0 saturated heterocycles. The molecule has 0 radical (unpaired) electrons. The third-order valence-corrected chi connectivity index (χ3v) is 5.14. The summed E-state index contributed by atoms with van der Waals surface area (Å²) in [6, 6.07) is 20.9. The number of aromatic amines is 1. The number of nitrogens with one attached hydrogen (secondary N) is 3. The van der Waals surface area contributed by atoms with Gasteiger partial charge in [-0.15, -0.1) is 0 Å². The average Bonchev–Trinajstić information content (AvgIpc) is 3.17. The monoisotopic (exact) mass is 360 g/mol. The number of H-pyrrole nitrogens is 1. The summed E-state index contributed by atoms with van der Waals surface area (Å²) in [6.45, 7) is 2.22. The molecule has 3 aromatic rings. The molecule has 0 saturated carbocycles. The normalized spacial score (nSPS) is 13.4. The van der Waals surface area contributed by atoms with E-state index in [2.05, 4.69) is 69.4 Å². The Morgan fingerprint density at radius 3 is 2.37 bits per heavy atom. The second kappa shape index (κ2) is 8.18. The third-order valence-electron chi connectivity index (χ3n) is 5.14. The Labute approximate surface area is 159 Å². The molecule has 0 spiro atoms. The molecule has 0 unspecified atom stereocenters. The molecule has 3 N–H and O–H groups in total. The second-order valence-electron chi connectivity index (χ2n) is 6.87. The zero-order valence-corrected chi connectivity index (χ0v) is 15.2. The van der Waals surface area contributed by atoms with E-state index < -0.39 is 0 Å². The Balaban J connectivity index is 1.44. The molecule has 5 heteroatoms. The van der Waals surface area contributed by atoms with Crippen LogP contribution in [-0.2, 0) is 13.0 Å². The van der Waals surface area contributed by atoms with Gasteiger partial charge < -0.3 is 10.6 Å². The molecule has 2 heterocycles. The molecule has 1 aliphatic rings. The smallest absolute Gasteiger partial charge is 0.272 e. The summed E-state index contributed by atoms with van der Waals surface area (Å²) in [4.78, 5) is 12.6. The third kappa shape index (κ3) is 3.93. The van der Waals surface area contributed by atoms with Crippen LogP contribution in [0.15, 0.2) is 60.7 Å². The highest BCUT2D eigenvalue weighted by atomic mass is 16.1. The van der Waals surface area contributed by atoms with Crippen LogP contribution in [0.3, 0.4) is 0 Å². The Morgan fingerprint density at radius 1 is 1.04 bits per heavy atom. The van der Waals surface area contributed by atoms with Crippen LogP contribution in [0.25, 0.3) is 0 Å². The molecule has 5 nitrogen and oxygen atoms in total. The van der Waals surface area contributed by atoms with Crippen LogP contribution in [0.2, 0.25) is 0 Å². The van der Waals surface area contributed by atoms with Crippen LogP contribution in [-0.4, -0.2) is 29.2 Å². The van der Waals surface area contributed by atoms with Crippen LogP contribution in [0, 0.1) is 0 Å². The highest BCUT2D eigenvalue weighted by molar-refractivity contribution is 5.94. The molecule has 2 aromatic carbocycles. The van der Waals surface area contributed by atoms with Gasteiger partial charge in [0.15, 0.2) is 5.69 Å². The summed E-state index contributed by atoms with van der Waals surface area (Å²) in [7, 11) is 0. The van der Waals surface area contributed by atoms with Gasteiger partial charge in [0.2, 0.25) is 0 Å². The number of aromatic nitrogens is 2. The summed E-state index contributed by atoms with van der Waals surface area (Å²) < 4.78 is 0. The summed E-state index contributed by atoms with van der Waals surface area (Å²) >= 11 is 0. The lowest BCUT2D eigenvalue weighted by molar-refractivity contribution is 0.0946. The Kier molecular flexibility index (Phi) is 5.30. The Hall–Kier alpha value is -2.92. The number of hydrogen-bond donors (Lipinski definition) is 3. The van der Waals surface area contributed by atoms with Gasteiger partial charge in [-0.2, -0.15) is 5.10 Å². The SMILES string of the molecule is O=C(NCCC(c1ccccc1)c1ccccc1)c1n[nH]c2c1CNCC2. The Bertz CT molecular complexity index is 850. The number of benzene rings is 2. The van der Waals surface area contributed by atoms with Crippen LogP contribution in [0.5, 0.6) is 0 Å². The first-order chi connectivity index (χ1) is 13.3. The number of hydrogen-bond acceptors (Lipinski definition) is 3. The summed E-state index contributed by atoms with van der Waals surface area (Å²) in [5.41, 5.74) is 5.12. The summed E-state index contributed by atoms with van der Waals surface area (Å²) in [5.74, 6) is 0.151. The number of fused-ring (bicyclic) bond motifs is 1. The first-order valence-electron chi connectivity index (χ1n) is 9.48. The lowest BCUT2D eigenvalue weighted by Crippen LogP contribution is -2.29. The minimum atomic E-state index is -0.101. The fourth-order valence-electron chi connectivity index (χ4n) is 3.72. The molecule has 0 bridgehead atoms. The maximum absolute atomic E-state index is 12.6. The van der Waals surface area contributed by atoms with Crippen molar-refractivity contribution < 1.29 is 4.79 Å². The highest BCUT2D eigenvalue weighted by Gasteiger charge is 2.21. The van der Waals surface area contributed by atoms with Crippen molar-refractivity contribution in [3.63, 3.8) is 0 Å². The van der Waals surface area contributed by atoms with Crippen molar-refractivity contribution in [3.8, 4) is 0 Å². The van der Waals surface area contributed by atoms with Crippen LogP contribution in [0.1, 0.15) is 45.2 Å².